The third kappa shape index (κ3) is 4.30. The van der Waals surface area contributed by atoms with Crippen LogP contribution in [0.15, 0.2) is 24.3 Å². The van der Waals surface area contributed by atoms with E-state index in [1.165, 1.54) is 31.7 Å². The minimum atomic E-state index is -0.138. The van der Waals surface area contributed by atoms with Crippen LogP contribution in [0.25, 0.3) is 0 Å². The zero-order valence-electron chi connectivity index (χ0n) is 16.5. The number of benzene rings is 1. The van der Waals surface area contributed by atoms with Crippen LogP contribution in [0.2, 0.25) is 0 Å². The zero-order valence-corrected chi connectivity index (χ0v) is 17.3. The summed E-state index contributed by atoms with van der Waals surface area (Å²) in [6, 6.07) is 7.75. The van der Waals surface area contributed by atoms with Crippen LogP contribution in [0.1, 0.15) is 63.4 Å². The highest BCUT2D eigenvalue weighted by molar-refractivity contribution is 5.85. The highest BCUT2D eigenvalue weighted by Gasteiger charge is 2.31. The van der Waals surface area contributed by atoms with E-state index in [0.29, 0.717) is 11.7 Å². The largest absolute Gasteiger partial charge is 0.367 e. The molecule has 8 heteroatoms. The Kier molecular flexibility index (Phi) is 7.24. The van der Waals surface area contributed by atoms with Crippen LogP contribution >= 0.6 is 12.4 Å². The van der Waals surface area contributed by atoms with Gasteiger partial charge in [-0.1, -0.05) is 38.3 Å². The van der Waals surface area contributed by atoms with Crippen molar-refractivity contribution in [2.45, 2.75) is 57.5 Å². The molecule has 1 aliphatic carbocycles. The molecule has 0 spiro atoms. The van der Waals surface area contributed by atoms with Gasteiger partial charge < -0.3 is 4.90 Å². The van der Waals surface area contributed by atoms with E-state index in [0.717, 1.165) is 44.8 Å². The lowest BCUT2D eigenvalue weighted by atomic mass is 10.1. The Labute approximate surface area is 172 Å². The molecule has 2 fully saturated rings. The molecule has 1 atom stereocenters. The maximum Gasteiger partial charge on any atom is 0.168 e. The molecule has 1 aromatic heterocycles. The smallest absolute Gasteiger partial charge is 0.168 e. The topological polar surface area (TPSA) is 50.1 Å². The van der Waals surface area contributed by atoms with Gasteiger partial charge in [0.15, 0.2) is 5.82 Å². The lowest BCUT2D eigenvalue weighted by Crippen LogP contribution is -2.48. The summed E-state index contributed by atoms with van der Waals surface area (Å²) in [5.74, 6) is 0.879. The molecule has 0 radical (unpaired) electrons. The number of para-hydroxylation sites is 1. The molecule has 0 bridgehead atoms. The molecule has 6 nitrogen and oxygen atoms in total. The van der Waals surface area contributed by atoms with E-state index in [1.54, 1.807) is 6.07 Å². The van der Waals surface area contributed by atoms with Crippen molar-refractivity contribution in [2.24, 2.45) is 0 Å². The first kappa shape index (κ1) is 21.0. The third-order valence-corrected chi connectivity index (χ3v) is 6.00. The Balaban J connectivity index is 0.00000225. The van der Waals surface area contributed by atoms with Crippen molar-refractivity contribution in [2.75, 3.05) is 31.1 Å². The summed E-state index contributed by atoms with van der Waals surface area (Å²) in [5, 5.41) is 12.8. The molecule has 1 saturated carbocycles. The number of piperazine rings is 1. The molecule has 0 N–H and O–H groups in total. The highest BCUT2D eigenvalue weighted by atomic mass is 35.5. The normalized spacial score (nSPS) is 19.6. The van der Waals surface area contributed by atoms with Crippen LogP contribution in [0, 0.1) is 5.82 Å². The fourth-order valence-corrected chi connectivity index (χ4v) is 4.56. The molecule has 2 aromatic rings. The average Bonchev–Trinajstić information content (AvgIpc) is 3.38. The van der Waals surface area contributed by atoms with E-state index in [9.17, 15) is 4.39 Å². The fourth-order valence-electron chi connectivity index (χ4n) is 4.56. The molecule has 1 saturated heterocycles. The Morgan fingerprint density at radius 1 is 1.11 bits per heavy atom. The summed E-state index contributed by atoms with van der Waals surface area (Å²) in [5.41, 5.74) is 0.708. The summed E-state index contributed by atoms with van der Waals surface area (Å²) < 4.78 is 16.2. The predicted octanol–water partition coefficient (Wildman–Crippen LogP) is 4.01. The second kappa shape index (κ2) is 9.65. The van der Waals surface area contributed by atoms with Gasteiger partial charge in [-0.25, -0.2) is 9.07 Å². The van der Waals surface area contributed by atoms with E-state index in [2.05, 4.69) is 36.9 Å². The monoisotopic (exact) mass is 408 g/mol. The lowest BCUT2D eigenvalue weighted by Gasteiger charge is -2.40. The van der Waals surface area contributed by atoms with Gasteiger partial charge in [0.05, 0.1) is 17.8 Å². The first-order valence-corrected chi connectivity index (χ1v) is 10.3. The second-order valence-corrected chi connectivity index (χ2v) is 7.70. The summed E-state index contributed by atoms with van der Waals surface area (Å²) in [6.45, 7) is 5.66. The molecule has 28 heavy (non-hydrogen) atoms. The van der Waals surface area contributed by atoms with Crippen molar-refractivity contribution in [3.05, 3.63) is 35.9 Å². The van der Waals surface area contributed by atoms with Crippen molar-refractivity contribution in [3.63, 3.8) is 0 Å². The highest BCUT2D eigenvalue weighted by Crippen LogP contribution is 2.33. The Hall–Kier alpha value is -1.73. The molecule has 1 aromatic carbocycles. The number of anilines is 1. The van der Waals surface area contributed by atoms with E-state index < -0.39 is 0 Å². The third-order valence-electron chi connectivity index (χ3n) is 6.00. The first-order chi connectivity index (χ1) is 13.3. The first-order valence-electron chi connectivity index (χ1n) is 10.3. The maximum absolute atomic E-state index is 14.1. The van der Waals surface area contributed by atoms with Crippen LogP contribution in [-0.2, 0) is 0 Å². The van der Waals surface area contributed by atoms with Crippen molar-refractivity contribution < 1.29 is 4.39 Å². The van der Waals surface area contributed by atoms with Gasteiger partial charge >= 0.3 is 0 Å². The minimum absolute atomic E-state index is 0. The molecule has 1 aliphatic heterocycles. The van der Waals surface area contributed by atoms with Crippen molar-refractivity contribution in [1.82, 2.24) is 25.1 Å². The van der Waals surface area contributed by atoms with Crippen LogP contribution in [-0.4, -0.2) is 51.3 Å². The van der Waals surface area contributed by atoms with Gasteiger partial charge in [0.1, 0.15) is 5.82 Å². The molecule has 2 aliphatic rings. The van der Waals surface area contributed by atoms with Crippen LogP contribution < -0.4 is 4.90 Å². The quantitative estimate of drug-likeness (QED) is 0.722. The summed E-state index contributed by atoms with van der Waals surface area (Å²) in [4.78, 5) is 4.63. The zero-order chi connectivity index (χ0) is 18.6. The number of tetrazole rings is 1. The summed E-state index contributed by atoms with van der Waals surface area (Å²) in [6.07, 6.45) is 7.03. The van der Waals surface area contributed by atoms with Gasteiger partial charge in [-0.2, -0.15) is 0 Å². The van der Waals surface area contributed by atoms with Crippen LogP contribution in [0.4, 0.5) is 10.1 Å². The van der Waals surface area contributed by atoms with E-state index >= 15 is 0 Å². The van der Waals surface area contributed by atoms with Crippen molar-refractivity contribution in [1.29, 1.82) is 0 Å². The summed E-state index contributed by atoms with van der Waals surface area (Å²) in [7, 11) is 0. The van der Waals surface area contributed by atoms with Crippen LogP contribution in [0.5, 0.6) is 0 Å². The molecular formula is C20H30ClFN6. The SMILES string of the molecule is CCCC(c1nnnn1C1CCCC1)N1CCN(c2ccccc2F)CC1.Cl. The Bertz CT molecular complexity index is 740. The van der Waals surface area contributed by atoms with E-state index in [-0.39, 0.29) is 24.3 Å². The number of hydrogen-bond donors (Lipinski definition) is 0. The number of hydrogen-bond acceptors (Lipinski definition) is 5. The predicted molar refractivity (Wildman–Crippen MR) is 110 cm³/mol. The number of halogens is 2. The van der Waals surface area contributed by atoms with Crippen LogP contribution in [0.3, 0.4) is 0 Å². The van der Waals surface area contributed by atoms with Gasteiger partial charge in [-0.3, -0.25) is 4.90 Å². The Morgan fingerprint density at radius 2 is 1.82 bits per heavy atom. The van der Waals surface area contributed by atoms with Gasteiger partial charge in [-0.15, -0.1) is 17.5 Å². The number of rotatable bonds is 6. The maximum atomic E-state index is 14.1. The summed E-state index contributed by atoms with van der Waals surface area (Å²) >= 11 is 0. The number of nitrogens with zero attached hydrogens (tertiary/aromatic N) is 6. The molecule has 4 rings (SSSR count). The molecule has 0 amide bonds. The van der Waals surface area contributed by atoms with E-state index in [4.69, 9.17) is 0 Å². The standard InChI is InChI=1S/C20H29FN6.ClH/c1-2-7-19(20-22-23-24-27(20)16-8-3-4-9-16)26-14-12-25(13-15-26)18-11-6-5-10-17(18)21;/h5-6,10-11,16,19H,2-4,7-9,12-15H2,1H3;1H. The van der Waals surface area contributed by atoms with E-state index in [1.807, 2.05) is 12.1 Å². The molecule has 2 heterocycles. The minimum Gasteiger partial charge on any atom is -0.367 e. The molecule has 154 valence electrons. The fraction of sp³-hybridized carbons (Fsp3) is 0.650. The average molecular weight is 409 g/mol. The van der Waals surface area contributed by atoms with Gasteiger partial charge in [-0.05, 0) is 41.8 Å². The number of aromatic nitrogens is 4. The molecule has 1 unspecified atom stereocenters. The second-order valence-electron chi connectivity index (χ2n) is 7.70. The van der Waals surface area contributed by atoms with Crippen molar-refractivity contribution >= 4 is 18.1 Å². The van der Waals surface area contributed by atoms with Gasteiger partial charge in [0.2, 0.25) is 0 Å². The van der Waals surface area contributed by atoms with Gasteiger partial charge in [0, 0.05) is 26.2 Å². The lowest BCUT2D eigenvalue weighted by molar-refractivity contribution is 0.161. The van der Waals surface area contributed by atoms with Gasteiger partial charge in [0.25, 0.3) is 0 Å². The molecular weight excluding hydrogens is 379 g/mol. The Morgan fingerprint density at radius 3 is 2.50 bits per heavy atom. The van der Waals surface area contributed by atoms with Crippen molar-refractivity contribution in [3.8, 4) is 0 Å².